The second-order valence-corrected chi connectivity index (χ2v) is 7.46. The van der Waals surface area contributed by atoms with Gasteiger partial charge in [0.1, 0.15) is 23.5 Å². The summed E-state index contributed by atoms with van der Waals surface area (Å²) in [4.78, 5) is 7.14. The van der Waals surface area contributed by atoms with Crippen molar-refractivity contribution in [1.82, 2.24) is 9.80 Å². The summed E-state index contributed by atoms with van der Waals surface area (Å²) in [5.74, 6) is -3.24. The van der Waals surface area contributed by atoms with E-state index < -0.39 is 41.5 Å². The van der Waals surface area contributed by atoms with Crippen molar-refractivity contribution >= 4 is 5.84 Å². The van der Waals surface area contributed by atoms with Crippen molar-refractivity contribution in [3.8, 4) is 0 Å². The highest BCUT2D eigenvalue weighted by molar-refractivity contribution is 5.85. The van der Waals surface area contributed by atoms with Gasteiger partial charge >= 0.3 is 6.18 Å². The molecule has 2 fully saturated rings. The molecular formula is C19H22F6N4O. The smallest absolute Gasteiger partial charge is 0.370 e. The molecule has 30 heavy (non-hydrogen) atoms. The molecule has 166 valence electrons. The lowest BCUT2D eigenvalue weighted by Crippen LogP contribution is -2.56. The highest BCUT2D eigenvalue weighted by atomic mass is 19.4. The summed E-state index contributed by atoms with van der Waals surface area (Å²) in [5, 5.41) is 0. The maximum absolute atomic E-state index is 14.1. The molecule has 0 amide bonds. The summed E-state index contributed by atoms with van der Waals surface area (Å²) in [6, 6.07) is 0.221. The molecule has 5 nitrogen and oxygen atoms in total. The summed E-state index contributed by atoms with van der Waals surface area (Å²) >= 11 is 0. The summed E-state index contributed by atoms with van der Waals surface area (Å²) < 4.78 is 84.8. The zero-order valence-electron chi connectivity index (χ0n) is 16.2. The molecule has 2 saturated heterocycles. The number of aliphatic imine (C=N–C) groups is 1. The third kappa shape index (κ3) is 4.79. The van der Waals surface area contributed by atoms with Crippen LogP contribution in [0.3, 0.4) is 0 Å². The monoisotopic (exact) mass is 436 g/mol. The number of hydrogen-bond donors (Lipinski definition) is 1. The van der Waals surface area contributed by atoms with Gasteiger partial charge in [0.25, 0.3) is 0 Å². The minimum atomic E-state index is -4.62. The predicted octanol–water partition coefficient (Wildman–Crippen LogP) is 2.98. The molecule has 0 spiro atoms. The molecule has 2 heterocycles. The number of rotatable bonds is 3. The van der Waals surface area contributed by atoms with E-state index in [9.17, 15) is 26.3 Å². The molecule has 0 aliphatic carbocycles. The van der Waals surface area contributed by atoms with Gasteiger partial charge in [0.05, 0.1) is 13.2 Å². The van der Waals surface area contributed by atoms with Crippen molar-refractivity contribution in [2.45, 2.75) is 30.8 Å². The predicted molar refractivity (Wildman–Crippen MR) is 98.2 cm³/mol. The Morgan fingerprint density at radius 2 is 1.83 bits per heavy atom. The Balaban J connectivity index is 1.70. The summed E-state index contributed by atoms with van der Waals surface area (Å²) in [6.45, 7) is 4.20. The second-order valence-electron chi connectivity index (χ2n) is 7.46. The number of amidine groups is 1. The third-order valence-corrected chi connectivity index (χ3v) is 5.36. The zero-order chi connectivity index (χ0) is 22.2. The van der Waals surface area contributed by atoms with Crippen molar-refractivity contribution in [1.29, 1.82) is 0 Å². The SMILES string of the molecule is C=C(N=C1CN(C2CO[C@H](c3cc(F)c(F)cc3F)[C@@H](N)C2)CCN1C)C(F)(F)F. The van der Waals surface area contributed by atoms with Crippen LogP contribution in [0.1, 0.15) is 18.1 Å². The molecule has 0 aromatic heterocycles. The summed E-state index contributed by atoms with van der Waals surface area (Å²) in [5.41, 5.74) is 4.78. The van der Waals surface area contributed by atoms with E-state index in [2.05, 4.69) is 11.6 Å². The minimum Gasteiger partial charge on any atom is -0.370 e. The van der Waals surface area contributed by atoms with Crippen molar-refractivity contribution in [3.05, 3.63) is 47.4 Å². The Labute approximate surface area is 169 Å². The van der Waals surface area contributed by atoms with Crippen molar-refractivity contribution in [3.63, 3.8) is 0 Å². The fraction of sp³-hybridized carbons (Fsp3) is 0.526. The maximum atomic E-state index is 14.1. The second kappa shape index (κ2) is 8.56. The third-order valence-electron chi connectivity index (χ3n) is 5.36. The number of likely N-dealkylation sites (N-methyl/N-ethyl adjacent to an activating group) is 1. The van der Waals surface area contributed by atoms with E-state index in [0.717, 1.165) is 6.07 Å². The first kappa shape index (κ1) is 22.6. The summed E-state index contributed by atoms with van der Waals surface area (Å²) in [6.07, 6.45) is -5.24. The summed E-state index contributed by atoms with van der Waals surface area (Å²) in [7, 11) is 1.64. The number of nitrogens with two attached hydrogens (primary N) is 1. The van der Waals surface area contributed by atoms with Gasteiger partial charge in [0.15, 0.2) is 11.6 Å². The first-order valence-corrected chi connectivity index (χ1v) is 9.28. The molecule has 11 heteroatoms. The van der Waals surface area contributed by atoms with Gasteiger partial charge in [0.2, 0.25) is 0 Å². The van der Waals surface area contributed by atoms with Gasteiger partial charge in [-0.05, 0) is 12.5 Å². The van der Waals surface area contributed by atoms with E-state index in [-0.39, 0.29) is 30.6 Å². The molecule has 3 atom stereocenters. The Morgan fingerprint density at radius 3 is 2.47 bits per heavy atom. The molecular weight excluding hydrogens is 414 g/mol. The van der Waals surface area contributed by atoms with Crippen LogP contribution in [0.25, 0.3) is 0 Å². The van der Waals surface area contributed by atoms with Crippen molar-refractivity contribution in [2.24, 2.45) is 10.7 Å². The zero-order valence-corrected chi connectivity index (χ0v) is 16.2. The number of piperazine rings is 1. The number of nitrogens with zero attached hydrogens (tertiary/aromatic N) is 3. The van der Waals surface area contributed by atoms with Crippen LogP contribution in [0.2, 0.25) is 0 Å². The molecule has 2 aliphatic rings. The van der Waals surface area contributed by atoms with E-state index in [0.29, 0.717) is 25.6 Å². The van der Waals surface area contributed by atoms with Crippen molar-refractivity contribution in [2.75, 3.05) is 33.3 Å². The Bertz CT molecular complexity index is 843. The average Bonchev–Trinajstić information content (AvgIpc) is 2.66. The molecule has 2 aliphatic heterocycles. The van der Waals surface area contributed by atoms with Gasteiger partial charge in [-0.15, -0.1) is 0 Å². The highest BCUT2D eigenvalue weighted by Gasteiger charge is 2.37. The van der Waals surface area contributed by atoms with E-state index in [1.807, 2.05) is 4.90 Å². The molecule has 3 rings (SSSR count). The van der Waals surface area contributed by atoms with Gasteiger partial charge in [-0.3, -0.25) is 4.90 Å². The van der Waals surface area contributed by atoms with Crippen LogP contribution in [0.4, 0.5) is 26.3 Å². The van der Waals surface area contributed by atoms with Crippen molar-refractivity contribution < 1.29 is 31.1 Å². The molecule has 1 unspecified atom stereocenters. The van der Waals surface area contributed by atoms with Crippen LogP contribution >= 0.6 is 0 Å². The standard InChI is InChI=1S/C19H22F6N4O/c1-10(19(23,24)25)27-17-8-29(4-3-28(17)2)11-5-16(26)18(30-9-11)12-6-14(21)15(22)7-13(12)20/h6-7,11,16,18H,1,3-5,8-9,26H2,2H3/t11?,16-,18+/m0/s1. The van der Waals surface area contributed by atoms with Crippen LogP contribution in [-0.4, -0.2) is 67.2 Å². The first-order chi connectivity index (χ1) is 14.0. The number of alkyl halides is 3. The fourth-order valence-electron chi connectivity index (χ4n) is 3.62. The van der Waals surface area contributed by atoms with Gasteiger partial charge < -0.3 is 15.4 Å². The molecule has 0 radical (unpaired) electrons. The van der Waals surface area contributed by atoms with Gasteiger partial charge in [-0.2, -0.15) is 13.2 Å². The van der Waals surface area contributed by atoms with Crippen LogP contribution < -0.4 is 5.73 Å². The lowest BCUT2D eigenvalue weighted by molar-refractivity contribution is -0.0921. The molecule has 1 aromatic rings. The highest BCUT2D eigenvalue weighted by Crippen LogP contribution is 2.32. The topological polar surface area (TPSA) is 54.1 Å². The average molecular weight is 436 g/mol. The molecule has 0 bridgehead atoms. The molecule has 2 N–H and O–H groups in total. The van der Waals surface area contributed by atoms with Crippen LogP contribution in [0.15, 0.2) is 29.4 Å². The Hall–Kier alpha value is -2.11. The maximum Gasteiger partial charge on any atom is 0.432 e. The largest absolute Gasteiger partial charge is 0.432 e. The van der Waals surface area contributed by atoms with E-state index >= 15 is 0 Å². The van der Waals surface area contributed by atoms with E-state index in [4.69, 9.17) is 10.5 Å². The van der Waals surface area contributed by atoms with Gasteiger partial charge in [-0.25, -0.2) is 18.2 Å². The minimum absolute atomic E-state index is 0.105. The van der Waals surface area contributed by atoms with E-state index in [1.165, 1.54) is 0 Å². The number of benzene rings is 1. The van der Waals surface area contributed by atoms with Gasteiger partial charge in [0, 0.05) is 43.9 Å². The number of ether oxygens (including phenoxy) is 1. The van der Waals surface area contributed by atoms with E-state index in [1.54, 1.807) is 11.9 Å². The molecule has 1 aromatic carbocycles. The van der Waals surface area contributed by atoms with Crippen LogP contribution in [0, 0.1) is 17.5 Å². The normalized spacial score (nSPS) is 27.5. The Kier molecular flexibility index (Phi) is 6.44. The number of allylic oxidation sites excluding steroid dienone is 1. The fourth-order valence-corrected chi connectivity index (χ4v) is 3.62. The first-order valence-electron chi connectivity index (χ1n) is 9.28. The Morgan fingerprint density at radius 1 is 1.17 bits per heavy atom. The quantitative estimate of drug-likeness (QED) is 0.585. The molecule has 0 saturated carbocycles. The lowest BCUT2D eigenvalue weighted by atomic mass is 9.93. The number of halogens is 6. The van der Waals surface area contributed by atoms with Crippen LogP contribution in [0.5, 0.6) is 0 Å². The van der Waals surface area contributed by atoms with Gasteiger partial charge in [-0.1, -0.05) is 6.58 Å². The lowest BCUT2D eigenvalue weighted by Gasteiger charge is -2.43. The number of hydrogen-bond acceptors (Lipinski definition) is 4. The van der Waals surface area contributed by atoms with Crippen LogP contribution in [-0.2, 0) is 4.74 Å².